The summed E-state index contributed by atoms with van der Waals surface area (Å²) in [4.78, 5) is 12.5. The highest BCUT2D eigenvalue weighted by Gasteiger charge is 2.47. The number of carbonyl (C=O) groups is 1. The number of aryl methyl sites for hydroxylation is 1. The first-order chi connectivity index (χ1) is 18.2. The summed E-state index contributed by atoms with van der Waals surface area (Å²) in [5.74, 6) is -2.27. The number of aromatic nitrogens is 4. The minimum Gasteiger partial charge on any atom is -0.475 e. The molecular weight excluding hydrogens is 586 g/mol. The molecular formula is C22H18ClF8N5O2S. The summed E-state index contributed by atoms with van der Waals surface area (Å²) >= 11 is 5.11. The first-order valence-corrected chi connectivity index (χ1v) is 12.3. The van der Waals surface area contributed by atoms with Gasteiger partial charge in [-0.15, -0.1) is 5.10 Å². The lowest BCUT2D eigenvalue weighted by Gasteiger charge is -2.19. The molecule has 39 heavy (non-hydrogen) atoms. The lowest BCUT2D eigenvalue weighted by Crippen LogP contribution is -2.37. The summed E-state index contributed by atoms with van der Waals surface area (Å²) in [6, 6.07) is 4.49. The molecule has 2 unspecified atom stereocenters. The molecule has 2 aromatic heterocycles. The Morgan fingerprint density at radius 2 is 1.92 bits per heavy atom. The van der Waals surface area contributed by atoms with E-state index in [1.807, 2.05) is 0 Å². The van der Waals surface area contributed by atoms with E-state index < -0.39 is 65.7 Å². The molecule has 0 bridgehead atoms. The summed E-state index contributed by atoms with van der Waals surface area (Å²) in [7, 11) is 1.09. The van der Waals surface area contributed by atoms with Gasteiger partial charge in [-0.1, -0.05) is 17.7 Å². The molecule has 0 aliphatic heterocycles. The van der Waals surface area contributed by atoms with Crippen LogP contribution in [-0.2, 0) is 13.2 Å². The fourth-order valence-corrected chi connectivity index (χ4v) is 4.15. The molecule has 1 aliphatic rings. The van der Waals surface area contributed by atoms with Gasteiger partial charge in [0.25, 0.3) is 5.91 Å². The average Bonchev–Trinajstić information content (AvgIpc) is 3.40. The Balaban J connectivity index is 1.65. The zero-order chi connectivity index (χ0) is 28.7. The van der Waals surface area contributed by atoms with E-state index in [0.29, 0.717) is 15.8 Å². The number of amides is 1. The minimum absolute atomic E-state index is 0.0602. The molecule has 7 nitrogen and oxygen atoms in total. The van der Waals surface area contributed by atoms with E-state index >= 15 is 0 Å². The predicted octanol–water partition coefficient (Wildman–Crippen LogP) is 6.10. The molecule has 0 spiro atoms. The third-order valence-electron chi connectivity index (χ3n) is 5.66. The SMILES string of the molecule is Cn1nc(OCC(SF)C(F)C(F)(F)F)c(C(F)(F)F)c1-n1cc(-c2ccc(Cl)c(C(=O)NC3CC3)c2)cn1. The predicted molar refractivity (Wildman–Crippen MR) is 125 cm³/mol. The van der Waals surface area contributed by atoms with E-state index in [0.717, 1.165) is 24.6 Å². The van der Waals surface area contributed by atoms with Crippen molar-refractivity contribution in [2.24, 2.45) is 7.05 Å². The first kappa shape index (κ1) is 29.0. The summed E-state index contributed by atoms with van der Waals surface area (Å²) in [6.07, 6.45) is -10.2. The summed E-state index contributed by atoms with van der Waals surface area (Å²) in [5.41, 5.74) is -0.664. The molecule has 1 fully saturated rings. The number of ether oxygens (including phenoxy) is 1. The van der Waals surface area contributed by atoms with Crippen LogP contribution in [0.25, 0.3) is 16.9 Å². The summed E-state index contributed by atoms with van der Waals surface area (Å²) < 4.78 is 113. The highest BCUT2D eigenvalue weighted by molar-refractivity contribution is 7.95. The maximum absolute atomic E-state index is 14.0. The molecule has 1 amide bonds. The molecule has 1 aliphatic carbocycles. The van der Waals surface area contributed by atoms with Crippen molar-refractivity contribution in [3.63, 3.8) is 0 Å². The highest BCUT2D eigenvalue weighted by atomic mass is 35.5. The molecule has 2 heterocycles. The van der Waals surface area contributed by atoms with Gasteiger partial charge in [0.05, 0.1) is 28.9 Å². The quantitative estimate of drug-likeness (QED) is 0.299. The zero-order valence-corrected chi connectivity index (χ0v) is 21.2. The van der Waals surface area contributed by atoms with Gasteiger partial charge < -0.3 is 10.1 Å². The molecule has 0 saturated heterocycles. The molecule has 212 valence electrons. The largest absolute Gasteiger partial charge is 0.475 e. The zero-order valence-electron chi connectivity index (χ0n) is 19.7. The molecule has 2 atom stereocenters. The number of alkyl halides is 7. The second-order valence-corrected chi connectivity index (χ2v) is 9.81. The van der Waals surface area contributed by atoms with Gasteiger partial charge in [-0.3, -0.25) is 4.79 Å². The monoisotopic (exact) mass is 603 g/mol. The van der Waals surface area contributed by atoms with Crippen molar-refractivity contribution in [2.45, 2.75) is 42.7 Å². The number of nitrogens with zero attached hydrogens (tertiary/aromatic N) is 4. The molecule has 1 saturated carbocycles. The Morgan fingerprint density at radius 3 is 2.51 bits per heavy atom. The van der Waals surface area contributed by atoms with Crippen LogP contribution >= 0.6 is 23.7 Å². The maximum Gasteiger partial charge on any atom is 0.425 e. The Bertz CT molecular complexity index is 1360. The third-order valence-corrected chi connectivity index (χ3v) is 6.60. The lowest BCUT2D eigenvalue weighted by atomic mass is 10.1. The van der Waals surface area contributed by atoms with Crippen LogP contribution in [-0.4, -0.2) is 55.7 Å². The first-order valence-electron chi connectivity index (χ1n) is 11.1. The summed E-state index contributed by atoms with van der Waals surface area (Å²) in [5, 5.41) is 7.96. The molecule has 1 N–H and O–H groups in total. The van der Waals surface area contributed by atoms with Crippen molar-refractivity contribution in [2.75, 3.05) is 6.61 Å². The van der Waals surface area contributed by atoms with Crippen molar-refractivity contribution < 1.29 is 44.2 Å². The molecule has 1 aromatic carbocycles. The van der Waals surface area contributed by atoms with Crippen molar-refractivity contribution in [3.8, 4) is 22.8 Å². The molecule has 3 aromatic rings. The second kappa shape index (κ2) is 10.9. The van der Waals surface area contributed by atoms with Crippen LogP contribution in [0.1, 0.15) is 28.8 Å². The van der Waals surface area contributed by atoms with E-state index in [9.17, 15) is 39.4 Å². The number of carbonyl (C=O) groups excluding carboxylic acids is 1. The van der Waals surface area contributed by atoms with Crippen molar-refractivity contribution >= 4 is 29.7 Å². The van der Waals surface area contributed by atoms with Crippen LogP contribution in [0.15, 0.2) is 30.6 Å². The van der Waals surface area contributed by atoms with Gasteiger partial charge in [0.1, 0.15) is 11.9 Å². The van der Waals surface area contributed by atoms with Crippen LogP contribution in [0.5, 0.6) is 5.88 Å². The van der Waals surface area contributed by atoms with Crippen LogP contribution < -0.4 is 10.1 Å². The van der Waals surface area contributed by atoms with Crippen molar-refractivity contribution in [3.05, 3.63) is 46.7 Å². The van der Waals surface area contributed by atoms with Gasteiger partial charge in [-0.2, -0.15) is 35.3 Å². The number of rotatable bonds is 9. The van der Waals surface area contributed by atoms with E-state index in [1.165, 1.54) is 30.6 Å². The Hall–Kier alpha value is -3.01. The number of nitrogens with one attached hydrogen (secondary N) is 1. The van der Waals surface area contributed by atoms with Gasteiger partial charge in [0.15, 0.2) is 11.4 Å². The second-order valence-electron chi connectivity index (χ2n) is 8.62. The van der Waals surface area contributed by atoms with Crippen LogP contribution in [0.3, 0.4) is 0 Å². The maximum atomic E-state index is 14.0. The third kappa shape index (κ3) is 6.42. The molecule has 0 radical (unpaired) electrons. The van der Waals surface area contributed by atoms with Crippen LogP contribution in [0.4, 0.5) is 34.6 Å². The van der Waals surface area contributed by atoms with E-state index in [4.69, 9.17) is 16.3 Å². The fraction of sp³-hybridized carbons (Fsp3) is 0.409. The van der Waals surface area contributed by atoms with E-state index in [1.54, 1.807) is 0 Å². The Morgan fingerprint density at radius 1 is 1.23 bits per heavy atom. The van der Waals surface area contributed by atoms with Gasteiger partial charge >= 0.3 is 12.4 Å². The Kier molecular flexibility index (Phi) is 8.08. The normalized spacial score (nSPS) is 15.7. The van der Waals surface area contributed by atoms with Crippen molar-refractivity contribution in [1.29, 1.82) is 0 Å². The smallest absolute Gasteiger partial charge is 0.425 e. The van der Waals surface area contributed by atoms with Crippen LogP contribution in [0, 0.1) is 0 Å². The van der Waals surface area contributed by atoms with Gasteiger partial charge in [-0.25, -0.2) is 13.8 Å². The highest BCUT2D eigenvalue weighted by Crippen LogP contribution is 2.41. The topological polar surface area (TPSA) is 74.0 Å². The number of hydrogen-bond acceptors (Lipinski definition) is 5. The molecule has 17 heteroatoms. The standard InChI is InChI=1S/C22H18ClF8N5O2S/c1-35-20(16(21(25,26)27)19(34-35)38-9-15(39-31)17(24)22(28,29)30)36-8-11(7-32-36)10-2-5-14(23)13(6-10)18(37)33-12-3-4-12/h2,5-8,12,15,17H,3-4,9H2,1H3,(H,33,37). The fourth-order valence-electron chi connectivity index (χ4n) is 3.59. The van der Waals surface area contributed by atoms with E-state index in [2.05, 4.69) is 15.5 Å². The molecule has 4 rings (SSSR count). The number of halogens is 9. The van der Waals surface area contributed by atoms with Gasteiger partial charge in [-0.05, 0) is 30.5 Å². The average molecular weight is 604 g/mol. The van der Waals surface area contributed by atoms with Crippen molar-refractivity contribution in [1.82, 2.24) is 24.9 Å². The van der Waals surface area contributed by atoms with E-state index in [-0.39, 0.29) is 16.6 Å². The number of hydrogen-bond donors (Lipinski definition) is 1. The minimum atomic E-state index is -5.44. The lowest BCUT2D eigenvalue weighted by molar-refractivity contribution is -0.181. The Labute approximate surface area is 224 Å². The number of benzene rings is 1. The van der Waals surface area contributed by atoms with Crippen LogP contribution in [0.2, 0.25) is 5.02 Å². The summed E-state index contributed by atoms with van der Waals surface area (Å²) in [6.45, 7) is -1.39. The van der Waals surface area contributed by atoms with Gasteiger partial charge in [0, 0.05) is 24.8 Å². The van der Waals surface area contributed by atoms with Gasteiger partial charge in [0.2, 0.25) is 12.1 Å².